The van der Waals surface area contributed by atoms with Crippen molar-refractivity contribution in [3.63, 3.8) is 0 Å². The van der Waals surface area contributed by atoms with E-state index < -0.39 is 24.3 Å². The molecule has 2 amide bonds. The molecule has 0 unspecified atom stereocenters. The highest BCUT2D eigenvalue weighted by molar-refractivity contribution is 5.95. The van der Waals surface area contributed by atoms with Gasteiger partial charge in [0.2, 0.25) is 0 Å². The van der Waals surface area contributed by atoms with E-state index in [4.69, 9.17) is 18.9 Å². The number of rotatable bonds is 13. The van der Waals surface area contributed by atoms with Crippen molar-refractivity contribution in [3.05, 3.63) is 101 Å². The van der Waals surface area contributed by atoms with Gasteiger partial charge in [0.1, 0.15) is 24.8 Å². The van der Waals surface area contributed by atoms with Gasteiger partial charge < -0.3 is 34.7 Å². The first-order chi connectivity index (χ1) is 20.8. The Morgan fingerprint density at radius 3 is 2.67 bits per heavy atom. The summed E-state index contributed by atoms with van der Waals surface area (Å²) >= 11 is 0. The Morgan fingerprint density at radius 1 is 1.09 bits per heavy atom. The average molecular weight is 593 g/mol. The van der Waals surface area contributed by atoms with Crippen LogP contribution in [-0.2, 0) is 16.1 Å². The Bertz CT molecular complexity index is 1510. The molecule has 0 radical (unpaired) electrons. The van der Waals surface area contributed by atoms with Crippen molar-refractivity contribution in [2.75, 3.05) is 20.3 Å². The van der Waals surface area contributed by atoms with Crippen LogP contribution in [0.4, 0.5) is 9.18 Å². The summed E-state index contributed by atoms with van der Waals surface area (Å²) in [5, 5.41) is 19.7. The number of hydrogen-bond donors (Lipinski definition) is 4. The van der Waals surface area contributed by atoms with Gasteiger partial charge in [-0.25, -0.2) is 14.0 Å². The second-order valence-electron chi connectivity index (χ2n) is 9.37. The van der Waals surface area contributed by atoms with E-state index in [9.17, 15) is 19.1 Å². The van der Waals surface area contributed by atoms with Gasteiger partial charge in [-0.3, -0.25) is 5.43 Å². The second-order valence-corrected chi connectivity index (χ2v) is 9.37. The number of nitrogens with zero attached hydrogens (tertiary/aromatic N) is 1. The van der Waals surface area contributed by atoms with Gasteiger partial charge in [-0.05, 0) is 55.3 Å². The zero-order valence-corrected chi connectivity index (χ0v) is 23.9. The second kappa shape index (κ2) is 14.7. The van der Waals surface area contributed by atoms with Gasteiger partial charge in [0.25, 0.3) is 0 Å². The highest BCUT2D eigenvalue weighted by Gasteiger charge is 2.32. The molecule has 0 saturated carbocycles. The van der Waals surface area contributed by atoms with E-state index in [1.165, 1.54) is 19.4 Å². The van der Waals surface area contributed by atoms with E-state index in [0.29, 0.717) is 46.2 Å². The number of hydrazone groups is 1. The van der Waals surface area contributed by atoms with E-state index in [-0.39, 0.29) is 24.6 Å². The van der Waals surface area contributed by atoms with Crippen LogP contribution in [0.1, 0.15) is 36.6 Å². The Labute approximate surface area is 248 Å². The minimum Gasteiger partial charge on any atom is -0.490 e. The molecule has 0 aromatic heterocycles. The molecule has 3 aromatic rings. The van der Waals surface area contributed by atoms with Crippen molar-refractivity contribution in [1.29, 1.82) is 0 Å². The van der Waals surface area contributed by atoms with Gasteiger partial charge in [-0.1, -0.05) is 36.4 Å². The summed E-state index contributed by atoms with van der Waals surface area (Å²) in [6.45, 7) is 3.66. The number of benzene rings is 3. The summed E-state index contributed by atoms with van der Waals surface area (Å²) in [7, 11) is 1.27. The van der Waals surface area contributed by atoms with Crippen LogP contribution < -0.4 is 30.3 Å². The smallest absolute Gasteiger partial charge is 0.337 e. The molecule has 11 nitrogen and oxygen atoms in total. The van der Waals surface area contributed by atoms with Crippen molar-refractivity contribution in [3.8, 4) is 17.2 Å². The molecule has 3 aromatic carbocycles. The van der Waals surface area contributed by atoms with Crippen LogP contribution in [0, 0.1) is 5.82 Å². The largest absolute Gasteiger partial charge is 0.490 e. The quantitative estimate of drug-likeness (QED) is 0.101. The van der Waals surface area contributed by atoms with Crippen LogP contribution in [0.15, 0.2) is 83.1 Å². The fourth-order valence-electron chi connectivity index (χ4n) is 4.28. The van der Waals surface area contributed by atoms with Gasteiger partial charge in [0, 0.05) is 11.3 Å². The minimum atomic E-state index is -1.16. The van der Waals surface area contributed by atoms with Crippen molar-refractivity contribution in [2.45, 2.75) is 32.7 Å². The third-order valence-electron chi connectivity index (χ3n) is 6.32. The van der Waals surface area contributed by atoms with Crippen molar-refractivity contribution >= 4 is 18.2 Å². The molecule has 2 atom stereocenters. The number of esters is 1. The molecule has 0 fully saturated rings. The standard InChI is InChI=1S/C31H33FN4O7/c1-4-41-26-15-21(29-28(30(38)40-3)19(2)34-31(39)35-29)12-13-25(26)43-18-27(37)36-33-16-20-8-7-10-23(14-20)42-17-22-9-5-6-11-24(22)32/h5-16,27,29,36-37H,4,17-18H2,1-3H3,(H2,34,35,39)/b33-16+/t27-,29-/m1/s1. The lowest BCUT2D eigenvalue weighted by Crippen LogP contribution is -2.45. The number of ether oxygens (including phenoxy) is 4. The number of allylic oxidation sites excluding steroid dienone is 1. The molecule has 0 bridgehead atoms. The maximum Gasteiger partial charge on any atom is 0.337 e. The molecule has 0 saturated heterocycles. The molecule has 12 heteroatoms. The van der Waals surface area contributed by atoms with E-state index in [0.717, 1.165) is 0 Å². The number of methoxy groups -OCH3 is 1. The zero-order valence-electron chi connectivity index (χ0n) is 23.9. The van der Waals surface area contributed by atoms with Gasteiger partial charge in [0.05, 0.1) is 31.5 Å². The molecule has 4 N–H and O–H groups in total. The number of hydrogen-bond acceptors (Lipinski definition) is 9. The summed E-state index contributed by atoms with van der Waals surface area (Å²) < 4.78 is 35.9. The first-order valence-corrected chi connectivity index (χ1v) is 13.5. The Kier molecular flexibility index (Phi) is 10.5. The van der Waals surface area contributed by atoms with Gasteiger partial charge >= 0.3 is 12.0 Å². The summed E-state index contributed by atoms with van der Waals surface area (Å²) in [5.74, 6) is 0.328. The first kappa shape index (κ1) is 30.8. The zero-order chi connectivity index (χ0) is 30.8. The number of urea groups is 1. The molecule has 4 rings (SSSR count). The van der Waals surface area contributed by atoms with Crippen LogP contribution in [-0.4, -0.2) is 49.9 Å². The molecule has 1 aliphatic rings. The summed E-state index contributed by atoms with van der Waals surface area (Å²) in [6, 6.07) is 17.2. The predicted octanol–water partition coefficient (Wildman–Crippen LogP) is 3.93. The molecule has 1 aliphatic heterocycles. The van der Waals surface area contributed by atoms with Crippen molar-refractivity contribution in [2.24, 2.45) is 5.10 Å². The number of amides is 2. The Hall–Kier alpha value is -5.10. The summed E-state index contributed by atoms with van der Waals surface area (Å²) in [5.41, 5.74) is 4.96. The van der Waals surface area contributed by atoms with E-state index in [1.54, 1.807) is 74.5 Å². The van der Waals surface area contributed by atoms with E-state index >= 15 is 0 Å². The molecule has 0 aliphatic carbocycles. The van der Waals surface area contributed by atoms with E-state index in [1.807, 2.05) is 0 Å². The van der Waals surface area contributed by atoms with Crippen LogP contribution in [0.25, 0.3) is 0 Å². The average Bonchev–Trinajstić information content (AvgIpc) is 2.99. The normalized spacial score (nSPS) is 15.4. The van der Waals surface area contributed by atoms with Crippen LogP contribution >= 0.6 is 0 Å². The molecular formula is C31H33FN4O7. The molecule has 1 heterocycles. The molecular weight excluding hydrogens is 559 g/mol. The number of aliphatic hydroxyl groups is 1. The van der Waals surface area contributed by atoms with Crippen molar-refractivity contribution in [1.82, 2.24) is 16.1 Å². The molecule has 226 valence electrons. The van der Waals surface area contributed by atoms with Crippen LogP contribution in [0.2, 0.25) is 0 Å². The first-order valence-electron chi connectivity index (χ1n) is 13.5. The number of aliphatic hydroxyl groups excluding tert-OH is 1. The molecule has 0 spiro atoms. The number of carbonyl (C=O) groups excluding carboxylic acids is 2. The van der Waals surface area contributed by atoms with Gasteiger partial charge in [0.15, 0.2) is 17.7 Å². The Morgan fingerprint density at radius 2 is 1.91 bits per heavy atom. The van der Waals surface area contributed by atoms with E-state index in [2.05, 4.69) is 21.2 Å². The maximum absolute atomic E-state index is 13.8. The fraction of sp³-hybridized carbons (Fsp3) is 0.258. The lowest BCUT2D eigenvalue weighted by molar-refractivity contribution is -0.136. The maximum atomic E-state index is 13.8. The summed E-state index contributed by atoms with van der Waals surface area (Å²) in [4.78, 5) is 24.5. The minimum absolute atomic E-state index is 0.0849. The fourth-order valence-corrected chi connectivity index (χ4v) is 4.28. The van der Waals surface area contributed by atoms with Gasteiger partial charge in [-0.15, -0.1) is 0 Å². The third-order valence-corrected chi connectivity index (χ3v) is 6.32. The highest BCUT2D eigenvalue weighted by Crippen LogP contribution is 2.35. The van der Waals surface area contributed by atoms with Crippen LogP contribution in [0.3, 0.4) is 0 Å². The lowest BCUT2D eigenvalue weighted by atomic mass is 9.95. The Balaban J connectivity index is 1.36. The number of nitrogens with one attached hydrogen (secondary N) is 3. The number of halogens is 1. The summed E-state index contributed by atoms with van der Waals surface area (Å²) in [6.07, 6.45) is 0.340. The van der Waals surface area contributed by atoms with Crippen LogP contribution in [0.5, 0.6) is 17.2 Å². The number of carbonyl (C=O) groups is 2. The molecule has 43 heavy (non-hydrogen) atoms. The van der Waals surface area contributed by atoms with Gasteiger partial charge in [-0.2, -0.15) is 5.10 Å². The topological polar surface area (TPSA) is 140 Å². The predicted molar refractivity (Wildman–Crippen MR) is 156 cm³/mol. The lowest BCUT2D eigenvalue weighted by Gasteiger charge is -2.28. The highest BCUT2D eigenvalue weighted by atomic mass is 19.1. The third kappa shape index (κ3) is 8.23. The SMILES string of the molecule is CCOc1cc([C@H]2NC(=O)NC(C)=C2C(=O)OC)ccc1OC[C@@H](O)N/N=C/c1cccc(OCc2ccccc2F)c1. The van der Waals surface area contributed by atoms with Crippen molar-refractivity contribution < 1.29 is 38.0 Å². The monoisotopic (exact) mass is 592 g/mol.